The number of aliphatic carboxylic acids is 1. The van der Waals surface area contributed by atoms with E-state index in [2.05, 4.69) is 10.5 Å². The summed E-state index contributed by atoms with van der Waals surface area (Å²) in [5.74, 6) is -1.52. The number of thiophene rings is 1. The lowest BCUT2D eigenvalue weighted by atomic mass is 10.0. The number of amides is 2. The molecule has 1 aromatic rings. The number of oxime groups is 1. The molecule has 0 unspecified atom stereocenters. The largest absolute Gasteiger partial charge is 0.477 e. The molecule has 8 nitrogen and oxygen atoms in total. The van der Waals surface area contributed by atoms with E-state index in [0.717, 1.165) is 4.88 Å². The second-order valence-electron chi connectivity index (χ2n) is 5.70. The van der Waals surface area contributed by atoms with Crippen molar-refractivity contribution in [3.05, 3.63) is 33.7 Å². The number of nitrogens with zero attached hydrogens (tertiary/aromatic N) is 2. The van der Waals surface area contributed by atoms with Gasteiger partial charge in [0.2, 0.25) is 5.91 Å². The lowest BCUT2D eigenvalue weighted by Crippen LogP contribution is -2.70. The summed E-state index contributed by atoms with van der Waals surface area (Å²) in [5.41, 5.74) is 0.756. The maximum Gasteiger partial charge on any atom is 0.353 e. The topological polar surface area (TPSA) is 108 Å². The van der Waals surface area contributed by atoms with Crippen LogP contribution < -0.4 is 5.32 Å². The highest BCUT2D eigenvalue weighted by molar-refractivity contribution is 8.00. The Morgan fingerprint density at radius 3 is 2.88 bits per heavy atom. The van der Waals surface area contributed by atoms with Gasteiger partial charge in [0.1, 0.15) is 24.2 Å². The molecule has 0 radical (unpaired) electrons. The Labute approximate surface area is 157 Å². The van der Waals surface area contributed by atoms with Crippen LogP contribution >= 0.6 is 23.1 Å². The van der Waals surface area contributed by atoms with E-state index in [9.17, 15) is 19.5 Å². The molecular formula is C16H17N3O5S2. The zero-order valence-corrected chi connectivity index (χ0v) is 15.7. The monoisotopic (exact) mass is 395 g/mol. The van der Waals surface area contributed by atoms with Crippen LogP contribution in [0.1, 0.15) is 11.8 Å². The molecular weight excluding hydrogens is 378 g/mol. The molecule has 1 saturated heterocycles. The van der Waals surface area contributed by atoms with E-state index in [-0.39, 0.29) is 18.0 Å². The fourth-order valence-electron chi connectivity index (χ4n) is 2.88. The fourth-order valence-corrected chi connectivity index (χ4v) is 5.01. The maximum atomic E-state index is 12.5. The Morgan fingerprint density at radius 1 is 1.50 bits per heavy atom. The van der Waals surface area contributed by atoms with Crippen molar-refractivity contribution in [1.82, 2.24) is 10.2 Å². The van der Waals surface area contributed by atoms with Crippen molar-refractivity contribution in [2.75, 3.05) is 12.9 Å². The first-order valence-corrected chi connectivity index (χ1v) is 9.68. The Bertz CT molecular complexity index is 803. The number of β-lactam (4-membered cyclic amide) rings is 1. The summed E-state index contributed by atoms with van der Waals surface area (Å²) in [6, 6.07) is 2.99. The zero-order chi connectivity index (χ0) is 18.8. The Hall–Kier alpha value is -2.33. The van der Waals surface area contributed by atoms with Crippen molar-refractivity contribution in [1.29, 1.82) is 0 Å². The number of thioether (sulfide) groups is 1. The van der Waals surface area contributed by atoms with Gasteiger partial charge in [-0.05, 0) is 18.4 Å². The molecule has 0 spiro atoms. The van der Waals surface area contributed by atoms with E-state index in [1.807, 2.05) is 17.5 Å². The fraction of sp³-hybridized carbons (Fsp3) is 0.375. The predicted molar refractivity (Wildman–Crippen MR) is 97.8 cm³/mol. The average molecular weight is 395 g/mol. The second-order valence-corrected chi connectivity index (χ2v) is 7.84. The molecule has 3 rings (SSSR count). The molecule has 2 atom stereocenters. The van der Waals surface area contributed by atoms with Crippen molar-refractivity contribution in [3.63, 3.8) is 0 Å². The number of nitrogens with one attached hydrogen (secondary N) is 1. The van der Waals surface area contributed by atoms with E-state index in [1.165, 1.54) is 35.1 Å². The van der Waals surface area contributed by atoms with Crippen LogP contribution in [0.5, 0.6) is 0 Å². The maximum absolute atomic E-state index is 12.5. The minimum atomic E-state index is -1.20. The van der Waals surface area contributed by atoms with Gasteiger partial charge in [0.05, 0.1) is 12.1 Å². The first-order chi connectivity index (χ1) is 12.4. The van der Waals surface area contributed by atoms with Gasteiger partial charge in [-0.25, -0.2) is 4.79 Å². The summed E-state index contributed by atoms with van der Waals surface area (Å²) in [7, 11) is 1.37. The molecule has 3 heterocycles. The first kappa shape index (κ1) is 18.5. The zero-order valence-electron chi connectivity index (χ0n) is 14.1. The van der Waals surface area contributed by atoms with Crippen LogP contribution in [-0.4, -0.2) is 57.8 Å². The van der Waals surface area contributed by atoms with Crippen LogP contribution in [0.3, 0.4) is 0 Å². The van der Waals surface area contributed by atoms with Gasteiger partial charge < -0.3 is 15.3 Å². The van der Waals surface area contributed by atoms with E-state index >= 15 is 0 Å². The highest BCUT2D eigenvalue weighted by Crippen LogP contribution is 2.40. The minimum absolute atomic E-state index is 0.0965. The van der Waals surface area contributed by atoms with Crippen LogP contribution in [0.4, 0.5) is 0 Å². The molecule has 0 aliphatic carbocycles. The molecule has 2 aliphatic rings. The number of carbonyl (C=O) groups excluding carboxylic acids is 2. The number of fused-ring (bicyclic) bond motifs is 1. The lowest BCUT2D eigenvalue weighted by Gasteiger charge is -2.49. The molecule has 0 bridgehead atoms. The van der Waals surface area contributed by atoms with Crippen LogP contribution in [0, 0.1) is 0 Å². The number of carbonyl (C=O) groups is 3. The Balaban J connectivity index is 1.76. The Kier molecular flexibility index (Phi) is 5.33. The van der Waals surface area contributed by atoms with Crippen LogP contribution in [-0.2, 0) is 25.6 Å². The molecule has 1 aromatic heterocycles. The van der Waals surface area contributed by atoms with Gasteiger partial charge in [0, 0.05) is 16.2 Å². The van der Waals surface area contributed by atoms with Gasteiger partial charge in [-0.15, -0.1) is 23.1 Å². The van der Waals surface area contributed by atoms with Crippen LogP contribution in [0.2, 0.25) is 0 Å². The summed E-state index contributed by atoms with van der Waals surface area (Å²) in [6.45, 7) is 1.63. The summed E-state index contributed by atoms with van der Waals surface area (Å²) < 4.78 is 0. The summed E-state index contributed by atoms with van der Waals surface area (Å²) >= 11 is 2.86. The number of rotatable bonds is 6. The quantitative estimate of drug-likeness (QED) is 0.423. The summed E-state index contributed by atoms with van der Waals surface area (Å²) in [5, 5.41) is 17.5. The van der Waals surface area contributed by atoms with Crippen molar-refractivity contribution >= 4 is 46.6 Å². The first-order valence-electron chi connectivity index (χ1n) is 7.75. The third kappa shape index (κ3) is 3.34. The number of carboxylic acids is 1. The van der Waals surface area contributed by atoms with Crippen molar-refractivity contribution in [2.24, 2.45) is 5.16 Å². The Morgan fingerprint density at radius 2 is 2.27 bits per heavy atom. The van der Waals surface area contributed by atoms with Gasteiger partial charge in [0.15, 0.2) is 0 Å². The standard InChI is InChI=1S/C16H17N3O5S2/c1-8(18-24-2)10-7-26-15-12(14(21)19(15)13(10)16(22)23)17-11(20)6-9-4-3-5-25-9/h3-5,12,15H,6-7H2,1-2H3,(H,17,20)(H,22,23)/t12-,15-/m1/s1. The summed E-state index contributed by atoms with van der Waals surface area (Å²) in [4.78, 5) is 43.2. The second kappa shape index (κ2) is 7.50. The van der Waals surface area contributed by atoms with Gasteiger partial charge in [-0.2, -0.15) is 0 Å². The van der Waals surface area contributed by atoms with Crippen LogP contribution in [0.15, 0.2) is 33.9 Å². The van der Waals surface area contributed by atoms with E-state index in [4.69, 9.17) is 4.84 Å². The molecule has 0 aromatic carbocycles. The van der Waals surface area contributed by atoms with Crippen molar-refractivity contribution in [2.45, 2.75) is 24.8 Å². The van der Waals surface area contributed by atoms with Gasteiger partial charge in [-0.3, -0.25) is 14.5 Å². The molecule has 26 heavy (non-hydrogen) atoms. The molecule has 1 fully saturated rings. The highest BCUT2D eigenvalue weighted by Gasteiger charge is 2.54. The third-order valence-corrected chi connectivity index (χ3v) is 6.22. The minimum Gasteiger partial charge on any atom is -0.477 e. The van der Waals surface area contributed by atoms with Gasteiger partial charge in [0.25, 0.3) is 5.91 Å². The number of carboxylic acid groups (broad SMARTS) is 1. The molecule has 2 N–H and O–H groups in total. The number of hydrogen-bond acceptors (Lipinski definition) is 7. The van der Waals surface area contributed by atoms with E-state index in [0.29, 0.717) is 17.0 Å². The molecule has 2 amide bonds. The predicted octanol–water partition coefficient (Wildman–Crippen LogP) is 1.05. The van der Waals surface area contributed by atoms with Gasteiger partial charge >= 0.3 is 5.97 Å². The SMILES string of the molecule is CON=C(C)C1=C(C(=O)O)N2C(=O)[C@@H](NC(=O)Cc3cccs3)[C@H]2SC1. The van der Waals surface area contributed by atoms with Crippen LogP contribution in [0.25, 0.3) is 0 Å². The lowest BCUT2D eigenvalue weighted by molar-refractivity contribution is -0.150. The van der Waals surface area contributed by atoms with Gasteiger partial charge in [-0.1, -0.05) is 11.2 Å². The van der Waals surface area contributed by atoms with Crippen molar-refractivity contribution < 1.29 is 24.3 Å². The molecule has 2 aliphatic heterocycles. The third-order valence-electron chi connectivity index (χ3n) is 4.07. The summed E-state index contributed by atoms with van der Waals surface area (Å²) in [6.07, 6.45) is 0.200. The van der Waals surface area contributed by atoms with Crippen molar-refractivity contribution in [3.8, 4) is 0 Å². The van der Waals surface area contributed by atoms with E-state index in [1.54, 1.807) is 6.92 Å². The smallest absolute Gasteiger partial charge is 0.353 e. The molecule has 0 saturated carbocycles. The normalized spacial score (nSPS) is 22.6. The van der Waals surface area contributed by atoms with E-state index < -0.39 is 23.3 Å². The molecule has 10 heteroatoms. The highest BCUT2D eigenvalue weighted by atomic mass is 32.2. The molecule has 138 valence electrons. The number of hydrogen-bond donors (Lipinski definition) is 2. The average Bonchev–Trinajstić information content (AvgIpc) is 3.11.